The average molecular weight is 474 g/mol. The molecule has 0 fully saturated rings. The molecule has 3 N–H and O–H groups in total. The second-order valence-electron chi connectivity index (χ2n) is 6.57. The van der Waals surface area contributed by atoms with Crippen molar-refractivity contribution < 1.29 is 27.2 Å². The first-order chi connectivity index (χ1) is 15.8. The van der Waals surface area contributed by atoms with Crippen LogP contribution in [0.4, 0.5) is 30.2 Å². The van der Waals surface area contributed by atoms with E-state index in [1.54, 1.807) is 24.3 Å². The van der Waals surface area contributed by atoms with E-state index in [1.165, 1.54) is 36.4 Å². The fourth-order valence-corrected chi connectivity index (χ4v) is 3.45. The third-order valence-corrected chi connectivity index (χ3v) is 5.20. The maximum absolute atomic E-state index is 13.6. The molecule has 0 radical (unpaired) electrons. The quantitative estimate of drug-likeness (QED) is 0.387. The fraction of sp³-hybridized carbons (Fsp3) is 0.136. The molecule has 3 rings (SSSR count). The topological polar surface area (TPSA) is 107 Å². The highest BCUT2D eigenvalue weighted by atomic mass is 32.2. The highest BCUT2D eigenvalue weighted by Crippen LogP contribution is 2.36. The number of amides is 2. The molecule has 2 amide bonds. The Kier molecular flexibility index (Phi) is 7.63. The number of nitrogens with one attached hydrogen (secondary N) is 3. The summed E-state index contributed by atoms with van der Waals surface area (Å²) in [4.78, 5) is 25.1. The summed E-state index contributed by atoms with van der Waals surface area (Å²) in [6, 6.07) is 13.4. The highest BCUT2D eigenvalue weighted by Gasteiger charge is 2.34. The number of nitriles is 1. The number of benzene rings is 2. The summed E-state index contributed by atoms with van der Waals surface area (Å²) in [5.41, 5.74) is -0.795. The molecular formula is C22H17F3N4O3S. The summed E-state index contributed by atoms with van der Waals surface area (Å²) in [7, 11) is 0. The molecule has 7 nitrogen and oxygen atoms in total. The first-order valence-electron chi connectivity index (χ1n) is 9.45. The first kappa shape index (κ1) is 23.7. The Morgan fingerprint density at radius 1 is 1.06 bits per heavy atom. The standard InChI is InChI=1S/C22H17F3N4O3S/c23-22(24,25)16-11-15(28-21(31)14-7-9-32-13-14)5-6-17(16)27-12-20(30)29-18-3-1-2-4-19(18)33-10-8-26/h1-7,9,11,13,27H,10,12H2,(H,28,31)(H,29,30). The molecule has 1 aromatic heterocycles. The number of halogens is 3. The van der Waals surface area contributed by atoms with Gasteiger partial charge >= 0.3 is 6.18 Å². The number of para-hydroxylation sites is 1. The van der Waals surface area contributed by atoms with Gasteiger partial charge in [0.15, 0.2) is 0 Å². The van der Waals surface area contributed by atoms with Crippen molar-refractivity contribution >= 4 is 40.6 Å². The van der Waals surface area contributed by atoms with E-state index >= 15 is 0 Å². The predicted molar refractivity (Wildman–Crippen MR) is 118 cm³/mol. The van der Waals surface area contributed by atoms with E-state index in [-0.39, 0.29) is 22.7 Å². The number of rotatable bonds is 8. The third kappa shape index (κ3) is 6.54. The van der Waals surface area contributed by atoms with Gasteiger partial charge in [0.05, 0.1) is 41.4 Å². The molecule has 11 heteroatoms. The average Bonchev–Trinajstić information content (AvgIpc) is 3.32. The van der Waals surface area contributed by atoms with Gasteiger partial charge in [-0.3, -0.25) is 9.59 Å². The van der Waals surface area contributed by atoms with Crippen molar-refractivity contribution in [1.82, 2.24) is 0 Å². The molecule has 0 spiro atoms. The Morgan fingerprint density at radius 2 is 1.85 bits per heavy atom. The number of hydrogen-bond donors (Lipinski definition) is 3. The molecule has 1 heterocycles. The van der Waals surface area contributed by atoms with Gasteiger partial charge in [-0.15, -0.1) is 11.8 Å². The molecule has 0 aliphatic carbocycles. The van der Waals surface area contributed by atoms with Gasteiger partial charge in [-0.25, -0.2) is 0 Å². The molecule has 0 bridgehead atoms. The van der Waals surface area contributed by atoms with Crippen LogP contribution in [0.25, 0.3) is 0 Å². The summed E-state index contributed by atoms with van der Waals surface area (Å²) < 4.78 is 45.5. The van der Waals surface area contributed by atoms with Crippen molar-refractivity contribution in [3.8, 4) is 6.07 Å². The van der Waals surface area contributed by atoms with E-state index in [4.69, 9.17) is 9.68 Å². The number of hydrogen-bond acceptors (Lipinski definition) is 6. The van der Waals surface area contributed by atoms with Crippen LogP contribution < -0.4 is 16.0 Å². The van der Waals surface area contributed by atoms with Crippen LogP contribution in [0.1, 0.15) is 15.9 Å². The van der Waals surface area contributed by atoms with E-state index in [1.807, 2.05) is 6.07 Å². The highest BCUT2D eigenvalue weighted by molar-refractivity contribution is 7.99. The van der Waals surface area contributed by atoms with Crippen molar-refractivity contribution in [2.24, 2.45) is 0 Å². The van der Waals surface area contributed by atoms with Crippen LogP contribution in [0.3, 0.4) is 0 Å². The maximum atomic E-state index is 13.6. The maximum Gasteiger partial charge on any atom is 0.418 e. The minimum absolute atomic E-state index is 0.0630. The third-order valence-electron chi connectivity index (χ3n) is 4.26. The molecule has 0 aliphatic rings. The first-order valence-corrected chi connectivity index (χ1v) is 10.4. The summed E-state index contributed by atoms with van der Waals surface area (Å²) in [6.45, 7) is -0.430. The van der Waals surface area contributed by atoms with Crippen molar-refractivity contribution in [2.75, 3.05) is 28.2 Å². The molecule has 0 saturated heterocycles. The minimum atomic E-state index is -4.73. The summed E-state index contributed by atoms with van der Waals surface area (Å²) in [5, 5.41) is 16.2. The number of carbonyl (C=O) groups is 2. The Bertz CT molecular complexity index is 1170. The van der Waals surface area contributed by atoms with Crippen molar-refractivity contribution in [3.63, 3.8) is 0 Å². The van der Waals surface area contributed by atoms with Crippen LogP contribution in [-0.4, -0.2) is 24.1 Å². The van der Waals surface area contributed by atoms with Gasteiger partial charge in [-0.1, -0.05) is 12.1 Å². The normalized spacial score (nSPS) is 10.8. The van der Waals surface area contributed by atoms with Gasteiger partial charge in [0.25, 0.3) is 5.91 Å². The number of nitrogens with zero attached hydrogens (tertiary/aromatic N) is 1. The number of anilines is 3. The largest absolute Gasteiger partial charge is 0.472 e. The van der Waals surface area contributed by atoms with Crippen LogP contribution in [-0.2, 0) is 11.0 Å². The van der Waals surface area contributed by atoms with Crippen LogP contribution in [0.2, 0.25) is 0 Å². The molecule has 2 aromatic carbocycles. The lowest BCUT2D eigenvalue weighted by molar-refractivity contribution is -0.137. The monoisotopic (exact) mass is 474 g/mol. The Hall–Kier alpha value is -3.91. The van der Waals surface area contributed by atoms with Gasteiger partial charge in [-0.05, 0) is 36.4 Å². The smallest absolute Gasteiger partial charge is 0.418 e. The predicted octanol–water partition coefficient (Wildman–Crippen LogP) is 5.22. The zero-order valence-electron chi connectivity index (χ0n) is 16.9. The summed E-state index contributed by atoms with van der Waals surface area (Å²) >= 11 is 1.23. The summed E-state index contributed by atoms with van der Waals surface area (Å²) in [5.74, 6) is -1.00. The summed E-state index contributed by atoms with van der Waals surface area (Å²) in [6.07, 6.45) is -2.28. The number of alkyl halides is 3. The number of thioether (sulfide) groups is 1. The Balaban J connectivity index is 1.69. The molecule has 33 heavy (non-hydrogen) atoms. The van der Waals surface area contributed by atoms with Gasteiger partial charge in [-0.2, -0.15) is 18.4 Å². The SMILES string of the molecule is N#CCSc1ccccc1NC(=O)CNc1ccc(NC(=O)c2ccoc2)cc1C(F)(F)F. The van der Waals surface area contributed by atoms with E-state index < -0.39 is 30.1 Å². The van der Waals surface area contributed by atoms with Crippen LogP contribution in [0.15, 0.2) is 70.4 Å². The van der Waals surface area contributed by atoms with Gasteiger partial charge in [0.1, 0.15) is 6.26 Å². The van der Waals surface area contributed by atoms with Crippen LogP contribution in [0, 0.1) is 11.3 Å². The fourth-order valence-electron chi connectivity index (χ4n) is 2.78. The lowest BCUT2D eigenvalue weighted by atomic mass is 10.1. The molecule has 0 atom stereocenters. The molecule has 170 valence electrons. The molecule has 3 aromatic rings. The Labute approximate surface area is 191 Å². The second-order valence-corrected chi connectivity index (χ2v) is 7.59. The van der Waals surface area contributed by atoms with E-state index in [9.17, 15) is 22.8 Å². The second kappa shape index (κ2) is 10.6. The van der Waals surface area contributed by atoms with Gasteiger partial charge < -0.3 is 20.4 Å². The lowest BCUT2D eigenvalue weighted by Crippen LogP contribution is -2.23. The van der Waals surface area contributed by atoms with Gasteiger partial charge in [0.2, 0.25) is 5.91 Å². The van der Waals surface area contributed by atoms with Gasteiger partial charge in [0, 0.05) is 16.3 Å². The van der Waals surface area contributed by atoms with Crippen LogP contribution >= 0.6 is 11.8 Å². The molecule has 0 unspecified atom stereocenters. The van der Waals surface area contributed by atoms with Crippen LogP contribution in [0.5, 0.6) is 0 Å². The zero-order chi connectivity index (χ0) is 23.8. The zero-order valence-corrected chi connectivity index (χ0v) is 17.7. The molecule has 0 aliphatic heterocycles. The number of carbonyl (C=O) groups excluding carboxylic acids is 2. The lowest BCUT2D eigenvalue weighted by Gasteiger charge is -2.16. The van der Waals surface area contributed by atoms with E-state index in [2.05, 4.69) is 16.0 Å². The van der Waals surface area contributed by atoms with E-state index in [0.717, 1.165) is 12.1 Å². The van der Waals surface area contributed by atoms with Crippen molar-refractivity contribution in [1.29, 1.82) is 5.26 Å². The number of furan rings is 1. The van der Waals surface area contributed by atoms with Crippen molar-refractivity contribution in [2.45, 2.75) is 11.1 Å². The minimum Gasteiger partial charge on any atom is -0.472 e. The Morgan fingerprint density at radius 3 is 2.55 bits per heavy atom. The molecular weight excluding hydrogens is 457 g/mol. The molecule has 0 saturated carbocycles. The van der Waals surface area contributed by atoms with Crippen molar-refractivity contribution in [3.05, 3.63) is 72.2 Å². The van der Waals surface area contributed by atoms with E-state index in [0.29, 0.717) is 10.6 Å².